The lowest BCUT2D eigenvalue weighted by molar-refractivity contribution is -0.0179. The number of methoxy groups -OCH3 is 1. The van der Waals surface area contributed by atoms with Crippen LogP contribution in [-0.4, -0.2) is 47.9 Å². The second kappa shape index (κ2) is 6.94. The van der Waals surface area contributed by atoms with Crippen LogP contribution in [0.1, 0.15) is 56.4 Å². The molecule has 28 heavy (non-hydrogen) atoms. The van der Waals surface area contributed by atoms with Gasteiger partial charge in [0.05, 0.1) is 13.2 Å². The summed E-state index contributed by atoms with van der Waals surface area (Å²) in [6.07, 6.45) is 7.85. The third kappa shape index (κ3) is 3.28. The molecule has 0 aromatic heterocycles. The number of ether oxygens (including phenoxy) is 1. The monoisotopic (exact) mass is 384 g/mol. The molecule has 1 heterocycles. The number of β-amino-alcohol motifs (C(OH)–C–C–N with tert-alkyl or cyclic N) is 1. The molecule has 5 nitrogen and oxygen atoms in total. The number of benzene rings is 1. The second-order valence-corrected chi connectivity index (χ2v) is 9.81. The van der Waals surface area contributed by atoms with Crippen molar-refractivity contribution >= 4 is 6.03 Å². The summed E-state index contributed by atoms with van der Waals surface area (Å²) in [6, 6.07) is 7.96. The van der Waals surface area contributed by atoms with E-state index in [1.165, 1.54) is 19.3 Å². The number of carbonyl (C=O) groups is 1. The fourth-order valence-corrected chi connectivity index (χ4v) is 6.95. The van der Waals surface area contributed by atoms with E-state index in [-0.39, 0.29) is 17.5 Å². The summed E-state index contributed by atoms with van der Waals surface area (Å²) in [5.74, 6) is 3.31. The van der Waals surface area contributed by atoms with Crippen molar-refractivity contribution in [3.05, 3.63) is 29.8 Å². The van der Waals surface area contributed by atoms with Gasteiger partial charge in [0.2, 0.25) is 0 Å². The first-order chi connectivity index (χ1) is 13.5. The number of urea groups is 1. The number of aliphatic hydroxyl groups excluding tert-OH is 1. The highest BCUT2D eigenvalue weighted by atomic mass is 16.5. The molecule has 2 N–H and O–H groups in total. The minimum Gasteiger partial charge on any atom is -0.497 e. The van der Waals surface area contributed by atoms with Crippen LogP contribution in [0, 0.1) is 17.8 Å². The van der Waals surface area contributed by atoms with Gasteiger partial charge >= 0.3 is 6.03 Å². The Bertz CT molecular complexity index is 714. The number of rotatable bonds is 3. The van der Waals surface area contributed by atoms with Gasteiger partial charge in [-0.25, -0.2) is 4.79 Å². The average molecular weight is 385 g/mol. The number of hydrogen-bond acceptors (Lipinski definition) is 3. The van der Waals surface area contributed by atoms with Gasteiger partial charge in [-0.1, -0.05) is 12.1 Å². The third-order valence-electron chi connectivity index (χ3n) is 7.80. The van der Waals surface area contributed by atoms with Crippen molar-refractivity contribution in [2.24, 2.45) is 17.8 Å². The van der Waals surface area contributed by atoms with Crippen molar-refractivity contribution in [3.8, 4) is 5.75 Å². The van der Waals surface area contributed by atoms with E-state index in [2.05, 4.69) is 5.32 Å². The molecule has 4 aliphatic carbocycles. The Morgan fingerprint density at radius 2 is 1.86 bits per heavy atom. The Kier molecular flexibility index (Phi) is 4.53. The van der Waals surface area contributed by atoms with Gasteiger partial charge in [0, 0.05) is 24.5 Å². The maximum Gasteiger partial charge on any atom is 0.317 e. The Labute approximate surface area is 167 Å². The van der Waals surface area contributed by atoms with Crippen molar-refractivity contribution in [1.82, 2.24) is 10.2 Å². The largest absolute Gasteiger partial charge is 0.497 e. The molecule has 5 heteroatoms. The molecule has 152 valence electrons. The molecular weight excluding hydrogens is 352 g/mol. The van der Waals surface area contributed by atoms with Crippen LogP contribution in [0.4, 0.5) is 4.79 Å². The van der Waals surface area contributed by atoms with E-state index in [1.54, 1.807) is 7.11 Å². The topological polar surface area (TPSA) is 61.8 Å². The third-order valence-corrected chi connectivity index (χ3v) is 7.80. The molecule has 0 unspecified atom stereocenters. The highest BCUT2D eigenvalue weighted by Gasteiger charge is 2.52. The number of aliphatic hydroxyl groups is 1. The van der Waals surface area contributed by atoms with Crippen LogP contribution in [0.25, 0.3) is 0 Å². The lowest BCUT2D eigenvalue weighted by Gasteiger charge is -2.57. The summed E-state index contributed by atoms with van der Waals surface area (Å²) < 4.78 is 5.32. The Balaban J connectivity index is 1.23. The van der Waals surface area contributed by atoms with Crippen molar-refractivity contribution in [2.45, 2.75) is 62.5 Å². The standard InChI is InChI=1S/C23H32N2O3/c1-28-19-4-2-3-18(10-19)20-5-6-25(14-21(20)26)22(27)24-23-11-15-7-16(12-23)9-17(8-15)13-23/h2-4,10,15-17,20-21,26H,5-9,11-14H2,1H3,(H,24,27)/t15?,16?,17?,20-,21+,23?/m0/s1. The zero-order chi connectivity index (χ0) is 19.3. The van der Waals surface area contributed by atoms with E-state index in [1.807, 2.05) is 29.2 Å². The molecule has 1 saturated heterocycles. The summed E-state index contributed by atoms with van der Waals surface area (Å²) >= 11 is 0. The van der Waals surface area contributed by atoms with Crippen LogP contribution in [0.2, 0.25) is 0 Å². The first kappa shape index (κ1) is 18.3. The molecule has 1 aromatic rings. The molecule has 1 aliphatic heterocycles. The van der Waals surface area contributed by atoms with Crippen LogP contribution in [0.3, 0.4) is 0 Å². The van der Waals surface area contributed by atoms with Gasteiger partial charge in [0.25, 0.3) is 0 Å². The number of carbonyl (C=O) groups excluding carboxylic acids is 1. The summed E-state index contributed by atoms with van der Waals surface area (Å²) in [5, 5.41) is 14.2. The lowest BCUT2D eigenvalue weighted by atomic mass is 9.53. The van der Waals surface area contributed by atoms with Crippen molar-refractivity contribution in [1.29, 1.82) is 0 Å². The molecule has 2 amide bonds. The second-order valence-electron chi connectivity index (χ2n) is 9.81. The van der Waals surface area contributed by atoms with Crippen LogP contribution in [-0.2, 0) is 0 Å². The molecule has 6 rings (SSSR count). The summed E-state index contributed by atoms with van der Waals surface area (Å²) in [7, 11) is 1.66. The van der Waals surface area contributed by atoms with Gasteiger partial charge in [-0.15, -0.1) is 0 Å². The number of hydrogen-bond donors (Lipinski definition) is 2. The van der Waals surface area contributed by atoms with Gasteiger partial charge < -0.3 is 20.1 Å². The molecule has 4 bridgehead atoms. The average Bonchev–Trinajstić information content (AvgIpc) is 2.66. The minimum absolute atomic E-state index is 0.0282. The number of amides is 2. The van der Waals surface area contributed by atoms with E-state index in [0.717, 1.165) is 54.7 Å². The van der Waals surface area contributed by atoms with Gasteiger partial charge in [0.15, 0.2) is 0 Å². The van der Waals surface area contributed by atoms with E-state index in [0.29, 0.717) is 13.1 Å². The zero-order valence-electron chi connectivity index (χ0n) is 16.8. The molecule has 5 aliphatic rings. The smallest absolute Gasteiger partial charge is 0.317 e. The molecule has 2 atom stereocenters. The van der Waals surface area contributed by atoms with E-state index < -0.39 is 6.10 Å². The van der Waals surface area contributed by atoms with Crippen LogP contribution < -0.4 is 10.1 Å². The quantitative estimate of drug-likeness (QED) is 0.838. The lowest BCUT2D eigenvalue weighted by Crippen LogP contribution is -2.63. The van der Waals surface area contributed by atoms with Crippen molar-refractivity contribution < 1.29 is 14.6 Å². The van der Waals surface area contributed by atoms with Crippen LogP contribution in [0.5, 0.6) is 5.75 Å². The highest BCUT2D eigenvalue weighted by molar-refractivity contribution is 5.75. The first-order valence-electron chi connectivity index (χ1n) is 10.9. The van der Waals surface area contributed by atoms with Crippen molar-refractivity contribution in [2.75, 3.05) is 20.2 Å². The molecule has 1 aromatic carbocycles. The number of nitrogens with zero attached hydrogens (tertiary/aromatic N) is 1. The highest BCUT2D eigenvalue weighted by Crippen LogP contribution is 2.55. The van der Waals surface area contributed by atoms with E-state index >= 15 is 0 Å². The van der Waals surface area contributed by atoms with Crippen LogP contribution >= 0.6 is 0 Å². The predicted octanol–water partition coefficient (Wildman–Crippen LogP) is 3.52. The van der Waals surface area contributed by atoms with E-state index in [4.69, 9.17) is 4.74 Å². The van der Waals surface area contributed by atoms with Crippen LogP contribution in [0.15, 0.2) is 24.3 Å². The maximum atomic E-state index is 13.1. The first-order valence-corrected chi connectivity index (χ1v) is 10.9. The molecule has 0 spiro atoms. The zero-order valence-corrected chi connectivity index (χ0v) is 16.8. The summed E-state index contributed by atoms with van der Waals surface area (Å²) in [5.41, 5.74) is 1.12. The maximum absolute atomic E-state index is 13.1. The van der Waals surface area contributed by atoms with E-state index in [9.17, 15) is 9.90 Å². The Morgan fingerprint density at radius 3 is 2.46 bits per heavy atom. The fourth-order valence-electron chi connectivity index (χ4n) is 6.95. The Morgan fingerprint density at radius 1 is 1.18 bits per heavy atom. The molecular formula is C23H32N2O3. The van der Waals surface area contributed by atoms with Gasteiger partial charge in [-0.05, 0) is 80.4 Å². The molecule has 4 saturated carbocycles. The van der Waals surface area contributed by atoms with Gasteiger partial charge in [0.1, 0.15) is 5.75 Å². The number of piperidine rings is 1. The fraction of sp³-hybridized carbons (Fsp3) is 0.696. The van der Waals surface area contributed by atoms with Gasteiger partial charge in [-0.2, -0.15) is 0 Å². The van der Waals surface area contributed by atoms with Gasteiger partial charge in [-0.3, -0.25) is 0 Å². The minimum atomic E-state index is -0.539. The molecule has 5 fully saturated rings. The normalized spacial score (nSPS) is 39.1. The summed E-state index contributed by atoms with van der Waals surface area (Å²) in [4.78, 5) is 14.9. The SMILES string of the molecule is COc1cccc([C@@H]2CCN(C(=O)NC34CC5CC(CC(C5)C3)C4)C[C@H]2O)c1. The molecule has 0 radical (unpaired) electrons. The number of nitrogens with one attached hydrogen (secondary N) is 1. The summed E-state index contributed by atoms with van der Waals surface area (Å²) in [6.45, 7) is 1.09. The number of likely N-dealkylation sites (tertiary alicyclic amines) is 1. The predicted molar refractivity (Wildman–Crippen MR) is 107 cm³/mol. The Hall–Kier alpha value is -1.75. The van der Waals surface area contributed by atoms with Crippen molar-refractivity contribution in [3.63, 3.8) is 0 Å².